The monoisotopic (exact) mass is 220 g/mol. The number of hydrogen-bond acceptors (Lipinski definition) is 1. The van der Waals surface area contributed by atoms with Crippen LogP contribution in [-0.2, 0) is 4.74 Å². The van der Waals surface area contributed by atoms with Gasteiger partial charge in [-0.25, -0.2) is 0 Å². The molecule has 0 aromatic heterocycles. The van der Waals surface area contributed by atoms with Crippen LogP contribution in [0.4, 0.5) is 0 Å². The van der Waals surface area contributed by atoms with Crippen molar-refractivity contribution in [1.82, 2.24) is 0 Å². The van der Waals surface area contributed by atoms with Gasteiger partial charge in [0.25, 0.3) is 0 Å². The van der Waals surface area contributed by atoms with Gasteiger partial charge in [-0.05, 0) is 69.3 Å². The first-order valence-corrected chi connectivity index (χ1v) is 6.84. The molecule has 2 aliphatic heterocycles. The van der Waals surface area contributed by atoms with Gasteiger partial charge in [-0.1, -0.05) is 13.5 Å². The van der Waals surface area contributed by atoms with E-state index in [1.807, 2.05) is 0 Å². The molecule has 2 heterocycles. The van der Waals surface area contributed by atoms with Crippen molar-refractivity contribution in [3.8, 4) is 0 Å². The predicted molar refractivity (Wildman–Crippen MR) is 66.3 cm³/mol. The molecule has 2 saturated carbocycles. The fourth-order valence-corrected chi connectivity index (χ4v) is 4.52. The third kappa shape index (κ3) is 1.21. The largest absolute Gasteiger partial charge is 0.364 e. The van der Waals surface area contributed by atoms with E-state index in [9.17, 15) is 0 Å². The molecule has 1 nitrogen and oxygen atoms in total. The fourth-order valence-electron chi connectivity index (χ4n) is 4.52. The quantitative estimate of drug-likeness (QED) is 0.562. The summed E-state index contributed by atoms with van der Waals surface area (Å²) in [7, 11) is 0. The van der Waals surface area contributed by atoms with Gasteiger partial charge >= 0.3 is 0 Å². The van der Waals surface area contributed by atoms with Crippen LogP contribution in [0, 0.1) is 17.8 Å². The van der Waals surface area contributed by atoms with Crippen molar-refractivity contribution in [2.45, 2.75) is 64.1 Å². The molecule has 0 N–H and O–H groups in total. The molecule has 1 unspecified atom stereocenters. The molecule has 2 saturated heterocycles. The standard InChI is InChI=1S/C15H24O/c1-10-7-8-15-11(2)5-6-12(9-13(10)15)14(3,4)16-15/h10,12-13H,2,5-9H2,1,3-4H3/t10-,12+,13?,15-/m0/s1. The lowest BCUT2D eigenvalue weighted by atomic mass is 9.72. The van der Waals surface area contributed by atoms with E-state index in [-0.39, 0.29) is 11.2 Å². The van der Waals surface area contributed by atoms with Gasteiger partial charge in [0.15, 0.2) is 0 Å². The Balaban J connectivity index is 2.07. The molecule has 90 valence electrons. The molecule has 2 aliphatic carbocycles. The highest BCUT2D eigenvalue weighted by Gasteiger charge is 2.59. The van der Waals surface area contributed by atoms with Crippen molar-refractivity contribution in [1.29, 1.82) is 0 Å². The maximum absolute atomic E-state index is 6.59. The first kappa shape index (κ1) is 10.8. The topological polar surface area (TPSA) is 9.23 Å². The Hall–Kier alpha value is -0.300. The molecule has 1 heteroatoms. The maximum atomic E-state index is 6.59. The number of hydrogen-bond donors (Lipinski definition) is 0. The SMILES string of the molecule is C=C1CC[C@@H]2CC3[C@@H](C)CC[C@]13OC2(C)C. The lowest BCUT2D eigenvalue weighted by molar-refractivity contribution is -0.197. The fraction of sp³-hybridized carbons (Fsp3) is 0.867. The molecule has 2 bridgehead atoms. The van der Waals surface area contributed by atoms with Crippen molar-refractivity contribution in [2.24, 2.45) is 17.8 Å². The maximum Gasteiger partial charge on any atom is 0.0927 e. The van der Waals surface area contributed by atoms with E-state index in [1.54, 1.807) is 0 Å². The second kappa shape index (κ2) is 3.13. The van der Waals surface area contributed by atoms with E-state index in [1.165, 1.54) is 37.7 Å². The van der Waals surface area contributed by atoms with E-state index in [2.05, 4.69) is 27.4 Å². The van der Waals surface area contributed by atoms with Crippen molar-refractivity contribution in [3.05, 3.63) is 12.2 Å². The second-order valence-corrected chi connectivity index (χ2v) is 6.79. The zero-order valence-corrected chi connectivity index (χ0v) is 10.9. The molecule has 4 atom stereocenters. The van der Waals surface area contributed by atoms with Crippen LogP contribution >= 0.6 is 0 Å². The molecular formula is C15H24O. The van der Waals surface area contributed by atoms with Crippen molar-refractivity contribution in [2.75, 3.05) is 0 Å². The van der Waals surface area contributed by atoms with E-state index < -0.39 is 0 Å². The van der Waals surface area contributed by atoms with Gasteiger partial charge in [0.05, 0.1) is 11.2 Å². The van der Waals surface area contributed by atoms with E-state index in [0.29, 0.717) is 0 Å². The Kier molecular flexibility index (Phi) is 2.12. The summed E-state index contributed by atoms with van der Waals surface area (Å²) < 4.78 is 6.59. The second-order valence-electron chi connectivity index (χ2n) is 6.79. The molecule has 16 heavy (non-hydrogen) atoms. The van der Waals surface area contributed by atoms with Crippen LogP contribution in [0.1, 0.15) is 52.9 Å². The summed E-state index contributed by atoms with van der Waals surface area (Å²) in [6, 6.07) is 0. The van der Waals surface area contributed by atoms with Crippen LogP contribution in [0.2, 0.25) is 0 Å². The lowest BCUT2D eigenvalue weighted by Crippen LogP contribution is -2.52. The Labute approximate surface area is 99.3 Å². The minimum atomic E-state index is 0.0515. The zero-order chi connectivity index (χ0) is 11.6. The summed E-state index contributed by atoms with van der Waals surface area (Å²) in [6.07, 6.45) is 6.39. The Morgan fingerprint density at radius 2 is 2.06 bits per heavy atom. The Morgan fingerprint density at radius 1 is 1.31 bits per heavy atom. The minimum Gasteiger partial charge on any atom is -0.364 e. The Bertz CT molecular complexity index is 330. The lowest BCUT2D eigenvalue weighted by Gasteiger charge is -2.50. The molecule has 4 fully saturated rings. The first-order chi connectivity index (χ1) is 7.46. The zero-order valence-electron chi connectivity index (χ0n) is 10.9. The van der Waals surface area contributed by atoms with Gasteiger partial charge in [-0.3, -0.25) is 0 Å². The van der Waals surface area contributed by atoms with Crippen LogP contribution in [-0.4, -0.2) is 11.2 Å². The van der Waals surface area contributed by atoms with E-state index in [4.69, 9.17) is 4.74 Å². The van der Waals surface area contributed by atoms with Crippen molar-refractivity contribution >= 4 is 0 Å². The molecule has 0 amide bonds. The van der Waals surface area contributed by atoms with Crippen molar-refractivity contribution < 1.29 is 4.74 Å². The van der Waals surface area contributed by atoms with Crippen LogP contribution in [0.3, 0.4) is 0 Å². The average Bonchev–Trinajstić information content (AvgIpc) is 2.38. The number of rotatable bonds is 0. The van der Waals surface area contributed by atoms with Crippen LogP contribution < -0.4 is 0 Å². The molecule has 0 aromatic carbocycles. The summed E-state index contributed by atoms with van der Waals surface area (Å²) in [5, 5.41) is 0. The summed E-state index contributed by atoms with van der Waals surface area (Å²) >= 11 is 0. The summed E-state index contributed by atoms with van der Waals surface area (Å²) in [4.78, 5) is 0. The summed E-state index contributed by atoms with van der Waals surface area (Å²) in [5.41, 5.74) is 1.52. The van der Waals surface area contributed by atoms with Crippen LogP contribution in [0.15, 0.2) is 12.2 Å². The number of fused-ring (bicyclic) bond motifs is 3. The van der Waals surface area contributed by atoms with E-state index in [0.717, 1.165) is 17.8 Å². The van der Waals surface area contributed by atoms with Gasteiger partial charge in [0.1, 0.15) is 0 Å². The molecule has 4 rings (SSSR count). The molecule has 0 radical (unpaired) electrons. The van der Waals surface area contributed by atoms with Gasteiger partial charge in [0, 0.05) is 0 Å². The third-order valence-electron chi connectivity index (χ3n) is 5.62. The van der Waals surface area contributed by atoms with Crippen LogP contribution in [0.5, 0.6) is 0 Å². The van der Waals surface area contributed by atoms with Gasteiger partial charge in [0.2, 0.25) is 0 Å². The van der Waals surface area contributed by atoms with Crippen LogP contribution in [0.25, 0.3) is 0 Å². The van der Waals surface area contributed by atoms with E-state index >= 15 is 0 Å². The average molecular weight is 220 g/mol. The summed E-state index contributed by atoms with van der Waals surface area (Å²) in [5.74, 6) is 2.32. The van der Waals surface area contributed by atoms with Gasteiger partial charge in [-0.15, -0.1) is 0 Å². The van der Waals surface area contributed by atoms with Gasteiger partial charge in [-0.2, -0.15) is 0 Å². The minimum absolute atomic E-state index is 0.0515. The smallest absolute Gasteiger partial charge is 0.0927 e. The van der Waals surface area contributed by atoms with Gasteiger partial charge < -0.3 is 4.74 Å². The molecule has 0 aromatic rings. The molecule has 4 aliphatic rings. The van der Waals surface area contributed by atoms with Crippen molar-refractivity contribution in [3.63, 3.8) is 0 Å². The summed E-state index contributed by atoms with van der Waals surface area (Å²) in [6.45, 7) is 11.3. The third-order valence-corrected chi connectivity index (χ3v) is 5.62. The highest BCUT2D eigenvalue weighted by atomic mass is 16.5. The predicted octanol–water partition coefficient (Wildman–Crippen LogP) is 3.94. The molecular weight excluding hydrogens is 196 g/mol. The number of ether oxygens (including phenoxy) is 1. The first-order valence-electron chi connectivity index (χ1n) is 6.84. The molecule has 1 spiro atoms. The Morgan fingerprint density at radius 3 is 2.81 bits per heavy atom. The highest BCUT2D eigenvalue weighted by Crippen LogP contribution is 2.60. The highest BCUT2D eigenvalue weighted by molar-refractivity contribution is 5.25. The normalized spacial score (nSPS) is 50.2.